The number of hydrogen-bond donors (Lipinski definition) is 1. The highest BCUT2D eigenvalue weighted by molar-refractivity contribution is 5.88. The van der Waals surface area contributed by atoms with Crippen LogP contribution in [0.2, 0.25) is 0 Å². The Hall–Kier alpha value is -1.10. The molecule has 1 saturated heterocycles. The van der Waals surface area contributed by atoms with Crippen molar-refractivity contribution in [3.05, 3.63) is 0 Å². The third-order valence-corrected chi connectivity index (χ3v) is 4.38. The second-order valence-corrected chi connectivity index (χ2v) is 5.44. The molecule has 1 fully saturated rings. The molecule has 2 amide bonds. The standard InChI is InChI=1S/C14H27N3O2/c1-4-14(5-2,11-15)13(19)16(3)10-12(18)17-8-6-7-9-17/h4-11,15H2,1-3H3. The number of rotatable bonds is 6. The highest BCUT2D eigenvalue weighted by Crippen LogP contribution is 2.27. The zero-order valence-electron chi connectivity index (χ0n) is 12.4. The second kappa shape index (κ2) is 6.89. The van der Waals surface area contributed by atoms with Crippen molar-refractivity contribution < 1.29 is 9.59 Å². The monoisotopic (exact) mass is 269 g/mol. The molecule has 0 radical (unpaired) electrons. The van der Waals surface area contributed by atoms with Crippen molar-refractivity contribution in [1.29, 1.82) is 0 Å². The molecule has 0 aromatic rings. The van der Waals surface area contributed by atoms with Crippen LogP contribution in [0, 0.1) is 5.41 Å². The molecule has 5 nitrogen and oxygen atoms in total. The normalized spacial score (nSPS) is 15.7. The topological polar surface area (TPSA) is 66.6 Å². The van der Waals surface area contributed by atoms with Gasteiger partial charge in [-0.1, -0.05) is 13.8 Å². The van der Waals surface area contributed by atoms with E-state index in [-0.39, 0.29) is 18.4 Å². The third kappa shape index (κ3) is 3.47. The molecule has 0 atom stereocenters. The largest absolute Gasteiger partial charge is 0.341 e. The van der Waals surface area contributed by atoms with E-state index in [2.05, 4.69) is 0 Å². The lowest BCUT2D eigenvalue weighted by Gasteiger charge is -2.33. The van der Waals surface area contributed by atoms with Gasteiger partial charge in [0, 0.05) is 26.7 Å². The van der Waals surface area contributed by atoms with E-state index >= 15 is 0 Å². The maximum atomic E-state index is 12.5. The summed E-state index contributed by atoms with van der Waals surface area (Å²) < 4.78 is 0. The van der Waals surface area contributed by atoms with Gasteiger partial charge in [-0.25, -0.2) is 0 Å². The fourth-order valence-electron chi connectivity index (χ4n) is 2.67. The Bertz CT molecular complexity index is 312. The molecule has 5 heteroatoms. The van der Waals surface area contributed by atoms with E-state index < -0.39 is 5.41 Å². The van der Waals surface area contributed by atoms with Gasteiger partial charge in [0.25, 0.3) is 0 Å². The van der Waals surface area contributed by atoms with Gasteiger partial charge in [-0.3, -0.25) is 9.59 Å². The summed E-state index contributed by atoms with van der Waals surface area (Å²) in [6.07, 6.45) is 3.56. The smallest absolute Gasteiger partial charge is 0.242 e. The fourth-order valence-corrected chi connectivity index (χ4v) is 2.67. The van der Waals surface area contributed by atoms with Gasteiger partial charge in [-0.05, 0) is 25.7 Å². The van der Waals surface area contributed by atoms with Crippen LogP contribution in [0.5, 0.6) is 0 Å². The Labute approximate surface area is 116 Å². The summed E-state index contributed by atoms with van der Waals surface area (Å²) in [6, 6.07) is 0. The van der Waals surface area contributed by atoms with Crippen molar-refractivity contribution in [2.24, 2.45) is 11.1 Å². The molecule has 0 aromatic heterocycles. The van der Waals surface area contributed by atoms with Gasteiger partial charge < -0.3 is 15.5 Å². The van der Waals surface area contributed by atoms with Crippen LogP contribution in [-0.4, -0.2) is 54.8 Å². The Balaban J connectivity index is 2.63. The predicted octanol–water partition coefficient (Wildman–Crippen LogP) is 0.832. The summed E-state index contributed by atoms with van der Waals surface area (Å²) in [5.41, 5.74) is 5.26. The van der Waals surface area contributed by atoms with Crippen LogP contribution >= 0.6 is 0 Å². The van der Waals surface area contributed by atoms with Gasteiger partial charge >= 0.3 is 0 Å². The molecule has 0 aromatic carbocycles. The molecule has 0 bridgehead atoms. The first-order valence-corrected chi connectivity index (χ1v) is 7.24. The maximum Gasteiger partial charge on any atom is 0.242 e. The molecular formula is C14H27N3O2. The van der Waals surface area contributed by atoms with Crippen molar-refractivity contribution in [2.45, 2.75) is 39.5 Å². The lowest BCUT2D eigenvalue weighted by molar-refractivity contribution is -0.145. The molecule has 0 unspecified atom stereocenters. The number of likely N-dealkylation sites (N-methyl/N-ethyl adjacent to an activating group) is 1. The molecule has 1 aliphatic heterocycles. The zero-order valence-corrected chi connectivity index (χ0v) is 12.4. The number of carbonyl (C=O) groups is 2. The Morgan fingerprint density at radius 3 is 2.16 bits per heavy atom. The van der Waals surface area contributed by atoms with Gasteiger partial charge in [0.05, 0.1) is 12.0 Å². The molecular weight excluding hydrogens is 242 g/mol. The highest BCUT2D eigenvalue weighted by Gasteiger charge is 2.36. The highest BCUT2D eigenvalue weighted by atomic mass is 16.2. The van der Waals surface area contributed by atoms with Crippen molar-refractivity contribution in [3.8, 4) is 0 Å². The van der Waals surface area contributed by atoms with E-state index in [1.807, 2.05) is 18.7 Å². The number of likely N-dealkylation sites (tertiary alicyclic amines) is 1. The van der Waals surface area contributed by atoms with E-state index in [0.29, 0.717) is 19.4 Å². The summed E-state index contributed by atoms with van der Waals surface area (Å²) in [5.74, 6) is 0.0408. The SMILES string of the molecule is CCC(CC)(CN)C(=O)N(C)CC(=O)N1CCCC1. The van der Waals surface area contributed by atoms with Crippen molar-refractivity contribution in [3.63, 3.8) is 0 Å². The fraction of sp³-hybridized carbons (Fsp3) is 0.857. The summed E-state index contributed by atoms with van der Waals surface area (Å²) in [4.78, 5) is 27.9. The number of amides is 2. The predicted molar refractivity (Wildman–Crippen MR) is 75.5 cm³/mol. The Kier molecular flexibility index (Phi) is 5.79. The molecule has 110 valence electrons. The zero-order chi connectivity index (χ0) is 14.5. The number of nitrogens with two attached hydrogens (primary N) is 1. The number of carbonyl (C=O) groups excluding carboxylic acids is 2. The second-order valence-electron chi connectivity index (χ2n) is 5.44. The minimum absolute atomic E-state index is 0.00690. The van der Waals surface area contributed by atoms with Gasteiger partial charge in [0.1, 0.15) is 0 Å². The van der Waals surface area contributed by atoms with Crippen molar-refractivity contribution in [1.82, 2.24) is 9.80 Å². The van der Waals surface area contributed by atoms with Gasteiger partial charge in [0.15, 0.2) is 0 Å². The number of nitrogens with zero attached hydrogens (tertiary/aromatic N) is 2. The molecule has 2 N–H and O–H groups in total. The minimum Gasteiger partial charge on any atom is -0.341 e. The summed E-state index contributed by atoms with van der Waals surface area (Å²) in [7, 11) is 1.70. The number of hydrogen-bond acceptors (Lipinski definition) is 3. The van der Waals surface area contributed by atoms with Crippen molar-refractivity contribution >= 4 is 11.8 Å². The third-order valence-electron chi connectivity index (χ3n) is 4.38. The molecule has 1 aliphatic rings. The first-order chi connectivity index (χ1) is 9.00. The Morgan fingerprint density at radius 1 is 1.21 bits per heavy atom. The lowest BCUT2D eigenvalue weighted by Crippen LogP contribution is -2.49. The van der Waals surface area contributed by atoms with Crippen LogP contribution in [0.4, 0.5) is 0 Å². The van der Waals surface area contributed by atoms with E-state index in [4.69, 9.17) is 5.73 Å². The average molecular weight is 269 g/mol. The molecule has 0 aliphatic carbocycles. The van der Waals surface area contributed by atoms with Gasteiger partial charge in [0.2, 0.25) is 11.8 Å². The lowest BCUT2D eigenvalue weighted by atomic mass is 9.81. The molecule has 1 heterocycles. The first-order valence-electron chi connectivity index (χ1n) is 7.24. The maximum absolute atomic E-state index is 12.5. The first kappa shape index (κ1) is 16.0. The van der Waals surface area contributed by atoms with E-state index in [1.165, 1.54) is 0 Å². The summed E-state index contributed by atoms with van der Waals surface area (Å²) >= 11 is 0. The minimum atomic E-state index is -0.514. The summed E-state index contributed by atoms with van der Waals surface area (Å²) in [6.45, 7) is 6.10. The van der Waals surface area contributed by atoms with Crippen LogP contribution in [0.15, 0.2) is 0 Å². The van der Waals surface area contributed by atoms with E-state index in [1.54, 1.807) is 11.9 Å². The van der Waals surface area contributed by atoms with Crippen LogP contribution in [0.25, 0.3) is 0 Å². The van der Waals surface area contributed by atoms with Crippen LogP contribution < -0.4 is 5.73 Å². The molecule has 0 saturated carbocycles. The molecule has 0 spiro atoms. The quantitative estimate of drug-likeness (QED) is 0.777. The average Bonchev–Trinajstić information content (AvgIpc) is 2.95. The Morgan fingerprint density at radius 2 is 1.74 bits per heavy atom. The van der Waals surface area contributed by atoms with E-state index in [9.17, 15) is 9.59 Å². The molecule has 19 heavy (non-hydrogen) atoms. The van der Waals surface area contributed by atoms with E-state index in [0.717, 1.165) is 25.9 Å². The summed E-state index contributed by atoms with van der Waals surface area (Å²) in [5, 5.41) is 0. The van der Waals surface area contributed by atoms with Crippen molar-refractivity contribution in [2.75, 3.05) is 33.2 Å². The van der Waals surface area contributed by atoms with Gasteiger partial charge in [-0.2, -0.15) is 0 Å². The van der Waals surface area contributed by atoms with Crippen LogP contribution in [0.3, 0.4) is 0 Å². The van der Waals surface area contributed by atoms with Crippen LogP contribution in [-0.2, 0) is 9.59 Å². The van der Waals surface area contributed by atoms with Gasteiger partial charge in [-0.15, -0.1) is 0 Å². The molecule has 1 rings (SSSR count). The van der Waals surface area contributed by atoms with Crippen LogP contribution in [0.1, 0.15) is 39.5 Å².